The largest absolute Gasteiger partial charge is 0.391 e. The highest BCUT2D eigenvalue weighted by Gasteiger charge is 2.17. The molecule has 5 nitrogen and oxygen atoms in total. The van der Waals surface area contributed by atoms with Crippen molar-refractivity contribution in [3.05, 3.63) is 11.1 Å². The Morgan fingerprint density at radius 2 is 2.11 bits per heavy atom. The van der Waals surface area contributed by atoms with Crippen LogP contribution in [0.3, 0.4) is 0 Å². The van der Waals surface area contributed by atoms with Gasteiger partial charge in [-0.15, -0.1) is 11.3 Å². The first kappa shape index (κ1) is 15.9. The molecule has 0 bridgehead atoms. The molecule has 1 atom stereocenters. The van der Waals surface area contributed by atoms with Crippen LogP contribution in [0.15, 0.2) is 5.38 Å². The number of aliphatic hydroxyl groups excluding tert-OH is 1. The van der Waals surface area contributed by atoms with Crippen LogP contribution in [0, 0.1) is 5.92 Å². The highest BCUT2D eigenvalue weighted by molar-refractivity contribution is 7.13. The number of nitrogens with zero attached hydrogens (tertiary/aromatic N) is 1. The van der Waals surface area contributed by atoms with Crippen molar-refractivity contribution in [3.63, 3.8) is 0 Å². The van der Waals surface area contributed by atoms with Gasteiger partial charge in [-0.25, -0.2) is 4.98 Å². The molecule has 0 aliphatic heterocycles. The Hall–Kier alpha value is -1.14. The molecule has 0 aromatic carbocycles. The summed E-state index contributed by atoms with van der Waals surface area (Å²) in [5.41, 5.74) is 0.401. The number of rotatable bonds is 8. The van der Waals surface area contributed by atoms with E-state index >= 15 is 0 Å². The van der Waals surface area contributed by atoms with Gasteiger partial charge in [-0.05, 0) is 12.8 Å². The van der Waals surface area contributed by atoms with Gasteiger partial charge in [-0.2, -0.15) is 0 Å². The zero-order valence-electron chi connectivity index (χ0n) is 11.8. The summed E-state index contributed by atoms with van der Waals surface area (Å²) < 4.78 is 0. The van der Waals surface area contributed by atoms with E-state index in [1.165, 1.54) is 11.3 Å². The first-order chi connectivity index (χ1) is 9.12. The molecule has 3 N–H and O–H groups in total. The van der Waals surface area contributed by atoms with E-state index < -0.39 is 6.10 Å². The SMILES string of the molecule is CCNc1nc(C(=O)NCC(O)C(CC)CC)cs1. The standard InChI is InChI=1S/C13H23N3O2S/c1-4-9(5-2)11(17)7-15-12(18)10-8-19-13(16-10)14-6-3/h8-9,11,17H,4-7H2,1-3H3,(H,14,16)(H,15,18). The van der Waals surface area contributed by atoms with E-state index in [-0.39, 0.29) is 18.4 Å². The highest BCUT2D eigenvalue weighted by Crippen LogP contribution is 2.15. The molecule has 108 valence electrons. The number of carbonyl (C=O) groups is 1. The lowest BCUT2D eigenvalue weighted by Gasteiger charge is -2.19. The molecule has 0 saturated carbocycles. The molecule has 1 heterocycles. The summed E-state index contributed by atoms with van der Waals surface area (Å²) in [4.78, 5) is 16.0. The van der Waals surface area contributed by atoms with Crippen LogP contribution in [0.5, 0.6) is 0 Å². The monoisotopic (exact) mass is 285 g/mol. The van der Waals surface area contributed by atoms with E-state index in [4.69, 9.17) is 0 Å². The third-order valence-electron chi connectivity index (χ3n) is 3.13. The Kier molecular flexibility index (Phi) is 6.80. The Bertz CT molecular complexity index is 391. The summed E-state index contributed by atoms with van der Waals surface area (Å²) in [6.07, 6.45) is 1.33. The predicted octanol–water partition coefficient (Wildman–Crippen LogP) is 2.10. The van der Waals surface area contributed by atoms with Crippen LogP contribution in [0.4, 0.5) is 5.13 Å². The summed E-state index contributed by atoms with van der Waals surface area (Å²) in [6.45, 7) is 7.12. The van der Waals surface area contributed by atoms with Gasteiger partial charge in [0.1, 0.15) is 5.69 Å². The molecule has 19 heavy (non-hydrogen) atoms. The highest BCUT2D eigenvalue weighted by atomic mass is 32.1. The Morgan fingerprint density at radius 3 is 2.68 bits per heavy atom. The Balaban J connectivity index is 2.45. The van der Waals surface area contributed by atoms with Crippen molar-refractivity contribution in [2.45, 2.75) is 39.7 Å². The fourth-order valence-electron chi connectivity index (χ4n) is 1.90. The maximum absolute atomic E-state index is 11.9. The van der Waals surface area contributed by atoms with E-state index in [1.54, 1.807) is 5.38 Å². The van der Waals surface area contributed by atoms with E-state index in [0.29, 0.717) is 5.69 Å². The first-order valence-electron chi connectivity index (χ1n) is 6.77. The number of nitrogens with one attached hydrogen (secondary N) is 2. The Morgan fingerprint density at radius 1 is 1.42 bits per heavy atom. The summed E-state index contributed by atoms with van der Waals surface area (Å²) in [5, 5.41) is 18.2. The zero-order valence-corrected chi connectivity index (χ0v) is 12.6. The van der Waals surface area contributed by atoms with Crippen molar-refractivity contribution in [1.29, 1.82) is 0 Å². The molecule has 6 heteroatoms. The van der Waals surface area contributed by atoms with Crippen LogP contribution >= 0.6 is 11.3 Å². The van der Waals surface area contributed by atoms with Crippen LogP contribution in [0.1, 0.15) is 44.1 Å². The van der Waals surface area contributed by atoms with Crippen molar-refractivity contribution in [1.82, 2.24) is 10.3 Å². The predicted molar refractivity (Wildman–Crippen MR) is 78.7 cm³/mol. The molecular weight excluding hydrogens is 262 g/mol. The zero-order chi connectivity index (χ0) is 14.3. The van der Waals surface area contributed by atoms with Crippen LogP contribution < -0.4 is 10.6 Å². The van der Waals surface area contributed by atoms with E-state index in [0.717, 1.165) is 24.5 Å². The van der Waals surface area contributed by atoms with E-state index in [9.17, 15) is 9.90 Å². The molecular formula is C13H23N3O2S. The second-order valence-electron chi connectivity index (χ2n) is 4.42. The number of hydrogen-bond donors (Lipinski definition) is 3. The quantitative estimate of drug-likeness (QED) is 0.684. The first-order valence-corrected chi connectivity index (χ1v) is 7.65. The molecule has 1 aromatic rings. The fraction of sp³-hybridized carbons (Fsp3) is 0.692. The van der Waals surface area contributed by atoms with Crippen LogP contribution in [-0.4, -0.2) is 35.2 Å². The molecule has 1 rings (SSSR count). The molecule has 0 spiro atoms. The van der Waals surface area contributed by atoms with Gasteiger partial charge in [0.15, 0.2) is 5.13 Å². The maximum Gasteiger partial charge on any atom is 0.270 e. The van der Waals surface area contributed by atoms with Gasteiger partial charge in [0, 0.05) is 18.5 Å². The molecule has 1 unspecified atom stereocenters. The second-order valence-corrected chi connectivity index (χ2v) is 5.28. The average molecular weight is 285 g/mol. The average Bonchev–Trinajstić information content (AvgIpc) is 2.86. The van der Waals surface area contributed by atoms with Crippen LogP contribution in [-0.2, 0) is 0 Å². The van der Waals surface area contributed by atoms with E-state index in [2.05, 4.69) is 15.6 Å². The van der Waals surface area contributed by atoms with Crippen molar-refractivity contribution >= 4 is 22.4 Å². The third-order valence-corrected chi connectivity index (χ3v) is 3.93. The van der Waals surface area contributed by atoms with Gasteiger partial charge >= 0.3 is 0 Å². The minimum atomic E-state index is -0.495. The van der Waals surface area contributed by atoms with E-state index in [1.807, 2.05) is 20.8 Å². The molecule has 0 radical (unpaired) electrons. The number of anilines is 1. The van der Waals surface area contributed by atoms with Gasteiger partial charge in [0.25, 0.3) is 5.91 Å². The van der Waals surface area contributed by atoms with Crippen molar-refractivity contribution < 1.29 is 9.90 Å². The van der Waals surface area contributed by atoms with Gasteiger partial charge in [0.2, 0.25) is 0 Å². The molecule has 1 aromatic heterocycles. The molecule has 0 aliphatic carbocycles. The van der Waals surface area contributed by atoms with Gasteiger partial charge in [-0.1, -0.05) is 26.7 Å². The van der Waals surface area contributed by atoms with Gasteiger partial charge < -0.3 is 15.7 Å². The Labute approximate surface area is 118 Å². The topological polar surface area (TPSA) is 74.2 Å². The van der Waals surface area contributed by atoms with Gasteiger partial charge in [0.05, 0.1) is 6.10 Å². The lowest BCUT2D eigenvalue weighted by Crippen LogP contribution is -2.36. The summed E-state index contributed by atoms with van der Waals surface area (Å²) in [5.74, 6) is -0.00142. The van der Waals surface area contributed by atoms with Crippen LogP contribution in [0.2, 0.25) is 0 Å². The lowest BCUT2D eigenvalue weighted by molar-refractivity contribution is 0.0813. The number of carbonyl (C=O) groups excluding carboxylic acids is 1. The second kappa shape index (κ2) is 8.12. The minimum Gasteiger partial charge on any atom is -0.391 e. The number of thiazole rings is 1. The summed E-state index contributed by atoms with van der Waals surface area (Å²) in [7, 11) is 0. The number of aliphatic hydroxyl groups is 1. The molecule has 0 aliphatic rings. The van der Waals surface area contributed by atoms with Crippen molar-refractivity contribution in [3.8, 4) is 0 Å². The fourth-order valence-corrected chi connectivity index (χ4v) is 2.66. The van der Waals surface area contributed by atoms with Crippen molar-refractivity contribution in [2.24, 2.45) is 5.92 Å². The van der Waals surface area contributed by atoms with Crippen LogP contribution in [0.25, 0.3) is 0 Å². The smallest absolute Gasteiger partial charge is 0.270 e. The van der Waals surface area contributed by atoms with Crippen molar-refractivity contribution in [2.75, 3.05) is 18.4 Å². The lowest BCUT2D eigenvalue weighted by atomic mass is 9.96. The summed E-state index contributed by atoms with van der Waals surface area (Å²) >= 11 is 1.41. The molecule has 1 amide bonds. The molecule has 0 saturated heterocycles. The number of amides is 1. The number of hydrogen-bond acceptors (Lipinski definition) is 5. The van der Waals surface area contributed by atoms with Gasteiger partial charge in [-0.3, -0.25) is 4.79 Å². The minimum absolute atomic E-state index is 0.230. The normalized spacial score (nSPS) is 12.5. The maximum atomic E-state index is 11.9. The number of aromatic nitrogens is 1. The summed E-state index contributed by atoms with van der Waals surface area (Å²) in [6, 6.07) is 0. The molecule has 0 fully saturated rings. The third kappa shape index (κ3) is 4.80.